The molecule has 0 saturated heterocycles. The molecule has 0 radical (unpaired) electrons. The smallest absolute Gasteiger partial charge is 0.173 e. The van der Waals surface area contributed by atoms with Crippen molar-refractivity contribution >= 4 is 21.5 Å². The number of hydrogen-bond acceptors (Lipinski definition) is 0. The van der Waals surface area contributed by atoms with Crippen molar-refractivity contribution in [2.24, 2.45) is 0 Å². The first kappa shape index (κ1) is 14.9. The van der Waals surface area contributed by atoms with Crippen LogP contribution in [0.4, 0.5) is 8.78 Å². The Balaban J connectivity index is 2.39. The fourth-order valence-electron chi connectivity index (χ4n) is 2.11. The third-order valence-electron chi connectivity index (χ3n) is 3.29. The van der Waals surface area contributed by atoms with Gasteiger partial charge in [0.2, 0.25) is 0 Å². The molecule has 0 aromatic heterocycles. The second-order valence-corrected chi connectivity index (χ2v) is 5.77. The number of benzene rings is 2. The zero-order valence-corrected chi connectivity index (χ0v) is 13.0. The van der Waals surface area contributed by atoms with Crippen molar-refractivity contribution in [1.29, 1.82) is 0 Å². The first-order valence-electron chi connectivity index (χ1n) is 6.33. The molecule has 3 heteroatoms. The van der Waals surface area contributed by atoms with Crippen LogP contribution in [0.15, 0.2) is 53.0 Å². The van der Waals surface area contributed by atoms with E-state index in [4.69, 9.17) is 0 Å². The lowest BCUT2D eigenvalue weighted by atomic mass is 9.95. The van der Waals surface area contributed by atoms with E-state index in [0.29, 0.717) is 5.56 Å². The van der Waals surface area contributed by atoms with Gasteiger partial charge in [0.1, 0.15) is 0 Å². The molecule has 0 aliphatic rings. The highest BCUT2D eigenvalue weighted by Gasteiger charge is 2.12. The zero-order chi connectivity index (χ0) is 14.7. The van der Waals surface area contributed by atoms with Gasteiger partial charge in [-0.15, -0.1) is 0 Å². The monoisotopic (exact) mass is 336 g/mol. The fourth-order valence-corrected chi connectivity index (χ4v) is 2.37. The van der Waals surface area contributed by atoms with Crippen LogP contribution in [0.5, 0.6) is 0 Å². The molecule has 0 unspecified atom stereocenters. The standard InChI is InChI=1S/C17H15BrF2/c1-11-3-4-12(2)14(9-11)10-16(17(19)20)13-5-7-15(18)8-6-13/h3-9H,10H2,1-2H3. The van der Waals surface area contributed by atoms with Gasteiger partial charge in [0.25, 0.3) is 6.08 Å². The predicted molar refractivity (Wildman–Crippen MR) is 82.9 cm³/mol. The molecule has 0 atom stereocenters. The SMILES string of the molecule is Cc1ccc(C)c(CC(=C(F)F)c2ccc(Br)cc2)c1. The summed E-state index contributed by atoms with van der Waals surface area (Å²) >= 11 is 3.32. The second-order valence-electron chi connectivity index (χ2n) is 4.85. The van der Waals surface area contributed by atoms with Crippen molar-refractivity contribution in [3.8, 4) is 0 Å². The van der Waals surface area contributed by atoms with Crippen molar-refractivity contribution in [2.75, 3.05) is 0 Å². The maximum absolute atomic E-state index is 13.3. The van der Waals surface area contributed by atoms with Gasteiger partial charge in [-0.1, -0.05) is 51.8 Å². The molecule has 0 aliphatic carbocycles. The van der Waals surface area contributed by atoms with Gasteiger partial charge in [-0.05, 0) is 42.7 Å². The van der Waals surface area contributed by atoms with Crippen LogP contribution in [-0.4, -0.2) is 0 Å². The number of rotatable bonds is 3. The molecular formula is C17H15BrF2. The second kappa shape index (κ2) is 6.31. The van der Waals surface area contributed by atoms with Crippen LogP contribution in [0, 0.1) is 13.8 Å². The Hall–Kier alpha value is -1.48. The van der Waals surface area contributed by atoms with Gasteiger partial charge in [-0.25, -0.2) is 0 Å². The lowest BCUT2D eigenvalue weighted by molar-refractivity contribution is 0.424. The van der Waals surface area contributed by atoms with Crippen LogP contribution in [0.25, 0.3) is 5.57 Å². The summed E-state index contributed by atoms with van der Waals surface area (Å²) in [6.07, 6.45) is -1.37. The maximum atomic E-state index is 13.3. The van der Waals surface area contributed by atoms with Gasteiger partial charge in [0, 0.05) is 16.5 Å². The molecule has 104 valence electrons. The van der Waals surface area contributed by atoms with E-state index in [-0.39, 0.29) is 12.0 Å². The predicted octanol–water partition coefficient (Wildman–Crippen LogP) is 5.92. The summed E-state index contributed by atoms with van der Waals surface area (Å²) in [5, 5.41) is 0. The summed E-state index contributed by atoms with van der Waals surface area (Å²) < 4.78 is 27.4. The summed E-state index contributed by atoms with van der Waals surface area (Å²) in [4.78, 5) is 0. The molecule has 0 aliphatic heterocycles. The average Bonchev–Trinajstić information content (AvgIpc) is 2.40. The largest absolute Gasteiger partial charge is 0.274 e. The van der Waals surface area contributed by atoms with Gasteiger partial charge in [-0.2, -0.15) is 8.78 Å². The van der Waals surface area contributed by atoms with Crippen molar-refractivity contribution in [3.05, 3.63) is 75.3 Å². The Kier molecular flexibility index (Phi) is 4.71. The Morgan fingerprint density at radius 3 is 2.25 bits per heavy atom. The molecule has 0 fully saturated rings. The first-order valence-corrected chi connectivity index (χ1v) is 7.13. The van der Waals surface area contributed by atoms with E-state index in [0.717, 1.165) is 21.2 Å². The Labute approximate surface area is 126 Å². The Morgan fingerprint density at radius 1 is 1.00 bits per heavy atom. The van der Waals surface area contributed by atoms with E-state index in [9.17, 15) is 8.78 Å². The molecule has 2 rings (SSSR count). The Morgan fingerprint density at radius 2 is 1.65 bits per heavy atom. The maximum Gasteiger partial charge on any atom is 0.274 e. The minimum absolute atomic E-state index is 0.0891. The first-order chi connectivity index (χ1) is 9.47. The highest BCUT2D eigenvalue weighted by molar-refractivity contribution is 9.10. The third-order valence-corrected chi connectivity index (χ3v) is 3.82. The highest BCUT2D eigenvalue weighted by atomic mass is 79.9. The van der Waals surface area contributed by atoms with Gasteiger partial charge in [-0.3, -0.25) is 0 Å². The van der Waals surface area contributed by atoms with Crippen molar-refractivity contribution in [3.63, 3.8) is 0 Å². The summed E-state index contributed by atoms with van der Waals surface area (Å²) in [6, 6.07) is 12.9. The lowest BCUT2D eigenvalue weighted by Gasteiger charge is -2.10. The highest BCUT2D eigenvalue weighted by Crippen LogP contribution is 2.27. The molecule has 0 bridgehead atoms. The van der Waals surface area contributed by atoms with Crippen molar-refractivity contribution in [2.45, 2.75) is 20.3 Å². The van der Waals surface area contributed by atoms with Crippen molar-refractivity contribution < 1.29 is 8.78 Å². The van der Waals surface area contributed by atoms with E-state index in [1.165, 1.54) is 0 Å². The lowest BCUT2D eigenvalue weighted by Crippen LogP contribution is -1.96. The van der Waals surface area contributed by atoms with Crippen LogP contribution in [0.1, 0.15) is 22.3 Å². The summed E-state index contributed by atoms with van der Waals surface area (Å²) in [6.45, 7) is 3.92. The minimum atomic E-state index is -1.62. The number of hydrogen-bond donors (Lipinski definition) is 0. The third kappa shape index (κ3) is 3.54. The molecule has 0 heterocycles. The van der Waals surface area contributed by atoms with E-state index >= 15 is 0 Å². The van der Waals surface area contributed by atoms with E-state index in [2.05, 4.69) is 15.9 Å². The molecule has 0 nitrogen and oxygen atoms in total. The zero-order valence-electron chi connectivity index (χ0n) is 11.4. The quantitative estimate of drug-likeness (QED) is 0.652. The molecule has 0 spiro atoms. The van der Waals surface area contributed by atoms with Crippen LogP contribution in [0.2, 0.25) is 0 Å². The number of halogens is 3. The number of aryl methyl sites for hydroxylation is 2. The van der Waals surface area contributed by atoms with Gasteiger partial charge in [0.15, 0.2) is 0 Å². The molecular weight excluding hydrogens is 322 g/mol. The summed E-state index contributed by atoms with van der Waals surface area (Å²) in [5.74, 6) is 0. The molecule has 20 heavy (non-hydrogen) atoms. The Bertz CT molecular complexity index is 639. The number of allylic oxidation sites excluding steroid dienone is 1. The molecule has 0 amide bonds. The average molecular weight is 337 g/mol. The van der Waals surface area contributed by atoms with Crippen LogP contribution in [0.3, 0.4) is 0 Å². The molecule has 2 aromatic carbocycles. The minimum Gasteiger partial charge on any atom is -0.173 e. The van der Waals surface area contributed by atoms with E-state index < -0.39 is 6.08 Å². The molecule has 0 saturated carbocycles. The van der Waals surface area contributed by atoms with Gasteiger partial charge in [0.05, 0.1) is 0 Å². The van der Waals surface area contributed by atoms with Crippen LogP contribution < -0.4 is 0 Å². The van der Waals surface area contributed by atoms with Crippen LogP contribution in [-0.2, 0) is 6.42 Å². The van der Waals surface area contributed by atoms with E-state index in [1.807, 2.05) is 32.0 Å². The van der Waals surface area contributed by atoms with Gasteiger partial charge >= 0.3 is 0 Å². The normalized spacial score (nSPS) is 10.4. The van der Waals surface area contributed by atoms with E-state index in [1.54, 1.807) is 24.3 Å². The van der Waals surface area contributed by atoms with Crippen LogP contribution >= 0.6 is 15.9 Å². The van der Waals surface area contributed by atoms with Gasteiger partial charge < -0.3 is 0 Å². The molecule has 0 N–H and O–H groups in total. The topological polar surface area (TPSA) is 0 Å². The summed E-state index contributed by atoms with van der Waals surface area (Å²) in [5.41, 5.74) is 3.71. The molecule has 2 aromatic rings. The fraction of sp³-hybridized carbons (Fsp3) is 0.176. The van der Waals surface area contributed by atoms with Crippen molar-refractivity contribution in [1.82, 2.24) is 0 Å². The summed E-state index contributed by atoms with van der Waals surface area (Å²) in [7, 11) is 0.